The zero-order chi connectivity index (χ0) is 16.5. The van der Waals surface area contributed by atoms with Crippen LogP contribution in [0.1, 0.15) is 28.8 Å². The fourth-order valence-corrected chi connectivity index (χ4v) is 2.56. The molecule has 1 atom stereocenters. The third-order valence-electron chi connectivity index (χ3n) is 3.71. The lowest BCUT2D eigenvalue weighted by Crippen LogP contribution is -2.42. The van der Waals surface area contributed by atoms with E-state index < -0.39 is 30.4 Å². The van der Waals surface area contributed by atoms with Crippen molar-refractivity contribution in [3.8, 4) is 0 Å². The molecule has 1 fully saturated rings. The van der Waals surface area contributed by atoms with Gasteiger partial charge in [0.25, 0.3) is 0 Å². The molecular formula is C14H13F6NO. The number of piperidine rings is 1. The Morgan fingerprint density at radius 2 is 1.82 bits per heavy atom. The molecule has 2 rings (SSSR count). The molecule has 0 bridgehead atoms. The summed E-state index contributed by atoms with van der Waals surface area (Å²) in [6.07, 6.45) is -8.52. The van der Waals surface area contributed by atoms with Gasteiger partial charge in [-0.05, 0) is 31.0 Å². The van der Waals surface area contributed by atoms with Crippen LogP contribution in [0.4, 0.5) is 32.0 Å². The second-order valence-corrected chi connectivity index (χ2v) is 5.22. The van der Waals surface area contributed by atoms with Crippen molar-refractivity contribution in [2.24, 2.45) is 5.92 Å². The van der Waals surface area contributed by atoms with Crippen LogP contribution in [0.3, 0.4) is 0 Å². The minimum absolute atomic E-state index is 0.0455. The van der Waals surface area contributed by atoms with E-state index in [9.17, 15) is 31.1 Å². The molecule has 8 heteroatoms. The largest absolute Gasteiger partial charge is 0.416 e. The van der Waals surface area contributed by atoms with Gasteiger partial charge in [0, 0.05) is 24.3 Å². The monoisotopic (exact) mass is 325 g/mol. The summed E-state index contributed by atoms with van der Waals surface area (Å²) in [5.41, 5.74) is -1.13. The van der Waals surface area contributed by atoms with Gasteiger partial charge in [0.1, 0.15) is 0 Å². The zero-order valence-electron chi connectivity index (χ0n) is 11.3. The molecule has 0 aliphatic carbocycles. The van der Waals surface area contributed by atoms with Crippen LogP contribution in [-0.4, -0.2) is 25.6 Å². The van der Waals surface area contributed by atoms with Gasteiger partial charge >= 0.3 is 12.4 Å². The molecule has 1 aromatic rings. The minimum Gasteiger partial charge on any atom is -0.370 e. The summed E-state index contributed by atoms with van der Waals surface area (Å²) in [4.78, 5) is 12.2. The number of hydrogen-bond donors (Lipinski definition) is 0. The maximum Gasteiger partial charge on any atom is 0.416 e. The van der Waals surface area contributed by atoms with E-state index >= 15 is 0 Å². The maximum atomic E-state index is 12.8. The van der Waals surface area contributed by atoms with E-state index in [-0.39, 0.29) is 30.6 Å². The topological polar surface area (TPSA) is 20.3 Å². The lowest BCUT2D eigenvalue weighted by atomic mass is 9.96. The summed E-state index contributed by atoms with van der Waals surface area (Å²) in [5, 5.41) is 0. The van der Waals surface area contributed by atoms with Gasteiger partial charge in [0.2, 0.25) is 0 Å². The van der Waals surface area contributed by atoms with Crippen LogP contribution < -0.4 is 4.90 Å². The van der Waals surface area contributed by atoms with Gasteiger partial charge in [-0.1, -0.05) is 0 Å². The minimum atomic E-state index is -4.62. The third kappa shape index (κ3) is 3.53. The van der Waals surface area contributed by atoms with Crippen molar-refractivity contribution in [2.45, 2.75) is 25.2 Å². The number of nitrogens with zero attached hydrogens (tertiary/aromatic N) is 1. The summed E-state index contributed by atoms with van der Waals surface area (Å²) in [6, 6.07) is 2.48. The SMILES string of the molecule is O=Cc1ccc(C(F)(F)F)cc1N1CCCC(C(F)(F)F)C1. The smallest absolute Gasteiger partial charge is 0.370 e. The van der Waals surface area contributed by atoms with Crippen molar-refractivity contribution < 1.29 is 31.1 Å². The van der Waals surface area contributed by atoms with Crippen LogP contribution in [0, 0.1) is 5.92 Å². The molecule has 122 valence electrons. The third-order valence-corrected chi connectivity index (χ3v) is 3.71. The number of hydrogen-bond acceptors (Lipinski definition) is 2. The second-order valence-electron chi connectivity index (χ2n) is 5.22. The average molecular weight is 325 g/mol. The number of benzene rings is 1. The van der Waals surface area contributed by atoms with Crippen LogP contribution in [0.2, 0.25) is 0 Å². The fraction of sp³-hybridized carbons (Fsp3) is 0.500. The van der Waals surface area contributed by atoms with Crippen LogP contribution in [-0.2, 0) is 6.18 Å². The molecule has 1 aromatic carbocycles. The normalized spacial score (nSPS) is 20.1. The molecule has 0 saturated carbocycles. The first-order chi connectivity index (χ1) is 10.1. The van der Waals surface area contributed by atoms with Crippen LogP contribution >= 0.6 is 0 Å². The van der Waals surface area contributed by atoms with Crippen molar-refractivity contribution in [1.82, 2.24) is 0 Å². The van der Waals surface area contributed by atoms with Crippen molar-refractivity contribution >= 4 is 12.0 Å². The van der Waals surface area contributed by atoms with Crippen LogP contribution in [0.15, 0.2) is 18.2 Å². The van der Waals surface area contributed by atoms with Gasteiger partial charge in [-0.2, -0.15) is 26.3 Å². The van der Waals surface area contributed by atoms with E-state index in [0.717, 1.165) is 18.2 Å². The highest BCUT2D eigenvalue weighted by atomic mass is 19.4. The Morgan fingerprint density at radius 3 is 2.36 bits per heavy atom. The predicted molar refractivity (Wildman–Crippen MR) is 67.8 cm³/mol. The molecule has 1 saturated heterocycles. The van der Waals surface area contributed by atoms with E-state index in [2.05, 4.69) is 0 Å². The maximum absolute atomic E-state index is 12.8. The van der Waals surface area contributed by atoms with Crippen molar-refractivity contribution in [3.05, 3.63) is 29.3 Å². The molecule has 0 amide bonds. The Morgan fingerprint density at radius 1 is 1.14 bits per heavy atom. The Hall–Kier alpha value is -1.73. The molecule has 0 aromatic heterocycles. The van der Waals surface area contributed by atoms with Crippen molar-refractivity contribution in [1.29, 1.82) is 0 Å². The lowest BCUT2D eigenvalue weighted by Gasteiger charge is -2.36. The number of carbonyl (C=O) groups is 1. The molecule has 0 spiro atoms. The summed E-state index contributed by atoms with van der Waals surface area (Å²) in [7, 11) is 0. The molecule has 1 aliphatic heterocycles. The van der Waals surface area contributed by atoms with Crippen LogP contribution in [0.25, 0.3) is 0 Å². The Kier molecular flexibility index (Phi) is 4.39. The molecular weight excluding hydrogens is 312 g/mol. The lowest BCUT2D eigenvalue weighted by molar-refractivity contribution is -0.176. The first-order valence-electron chi connectivity index (χ1n) is 6.61. The summed E-state index contributed by atoms with van der Waals surface area (Å²) in [6.45, 7) is -0.250. The first kappa shape index (κ1) is 16.6. The Labute approximate surface area is 122 Å². The standard InChI is InChI=1S/C14H13F6NO/c15-13(16,17)10-4-3-9(8-22)12(6-10)21-5-1-2-11(7-21)14(18,19)20/h3-4,6,8,11H,1-2,5,7H2. The van der Waals surface area contributed by atoms with E-state index in [0.29, 0.717) is 6.29 Å². The summed E-state index contributed by atoms with van der Waals surface area (Å²) < 4.78 is 76.7. The molecule has 1 unspecified atom stereocenters. The highest BCUT2D eigenvalue weighted by Crippen LogP contribution is 2.37. The summed E-state index contributed by atoms with van der Waals surface area (Å²) >= 11 is 0. The average Bonchev–Trinajstić information content (AvgIpc) is 2.45. The van der Waals surface area contributed by atoms with E-state index in [4.69, 9.17) is 0 Å². The second kappa shape index (κ2) is 5.81. The number of halogens is 6. The van der Waals surface area contributed by atoms with Gasteiger partial charge in [0.05, 0.1) is 11.5 Å². The van der Waals surface area contributed by atoms with Crippen LogP contribution in [0.5, 0.6) is 0 Å². The fourth-order valence-electron chi connectivity index (χ4n) is 2.56. The number of rotatable bonds is 2. The molecule has 1 heterocycles. The first-order valence-corrected chi connectivity index (χ1v) is 6.61. The summed E-state index contributed by atoms with van der Waals surface area (Å²) in [5.74, 6) is -1.60. The Balaban J connectivity index is 2.36. The van der Waals surface area contributed by atoms with Gasteiger partial charge in [-0.15, -0.1) is 0 Å². The molecule has 22 heavy (non-hydrogen) atoms. The predicted octanol–water partition coefficient (Wildman–Crippen LogP) is 4.30. The number of alkyl halides is 6. The van der Waals surface area contributed by atoms with Crippen molar-refractivity contribution in [2.75, 3.05) is 18.0 Å². The number of anilines is 1. The molecule has 2 nitrogen and oxygen atoms in total. The molecule has 1 aliphatic rings. The van der Waals surface area contributed by atoms with Gasteiger partial charge in [-0.25, -0.2) is 0 Å². The highest BCUT2D eigenvalue weighted by Gasteiger charge is 2.42. The Bertz CT molecular complexity index is 551. The zero-order valence-corrected chi connectivity index (χ0v) is 11.3. The van der Waals surface area contributed by atoms with Gasteiger partial charge in [0.15, 0.2) is 6.29 Å². The van der Waals surface area contributed by atoms with E-state index in [1.807, 2.05) is 0 Å². The molecule has 0 N–H and O–H groups in total. The van der Waals surface area contributed by atoms with Crippen molar-refractivity contribution in [3.63, 3.8) is 0 Å². The van der Waals surface area contributed by atoms with Gasteiger partial charge in [-0.3, -0.25) is 4.79 Å². The molecule has 0 radical (unpaired) electrons. The van der Waals surface area contributed by atoms with E-state index in [1.54, 1.807) is 0 Å². The number of aldehydes is 1. The quantitative estimate of drug-likeness (QED) is 0.597. The number of carbonyl (C=O) groups excluding carboxylic acids is 1. The highest BCUT2D eigenvalue weighted by molar-refractivity contribution is 5.85. The van der Waals surface area contributed by atoms with E-state index in [1.165, 1.54) is 4.90 Å². The van der Waals surface area contributed by atoms with Gasteiger partial charge < -0.3 is 4.90 Å².